The lowest BCUT2D eigenvalue weighted by atomic mass is 9.56. The van der Waals surface area contributed by atoms with E-state index in [-0.39, 0.29) is 46.9 Å². The van der Waals surface area contributed by atoms with E-state index in [1.54, 1.807) is 0 Å². The van der Waals surface area contributed by atoms with Gasteiger partial charge in [0.1, 0.15) is 6.10 Å². The smallest absolute Gasteiger partial charge is 0.326 e. The van der Waals surface area contributed by atoms with Crippen molar-refractivity contribution in [2.45, 2.75) is 61.9 Å². The van der Waals surface area contributed by atoms with Gasteiger partial charge in [-0.25, -0.2) is 0 Å². The number of rotatable bonds is 4. The molecule has 4 bridgehead atoms. The Kier molecular flexibility index (Phi) is 5.12. The molecule has 8 heteroatoms. The van der Waals surface area contributed by atoms with Crippen LogP contribution in [0.3, 0.4) is 0 Å². The summed E-state index contributed by atoms with van der Waals surface area (Å²) in [7, 11) is -0.580. The molecule has 162 valence electrons. The molecule has 1 saturated carbocycles. The molecule has 5 rings (SSSR count). The van der Waals surface area contributed by atoms with E-state index in [4.69, 9.17) is 18.6 Å². The third-order valence-corrected chi connectivity index (χ3v) is 13.7. The molecule has 0 aromatic heterocycles. The molecule has 0 aromatic carbocycles. The van der Waals surface area contributed by atoms with Gasteiger partial charge < -0.3 is 18.6 Å². The van der Waals surface area contributed by atoms with Gasteiger partial charge in [-0.05, 0) is 29.6 Å². The van der Waals surface area contributed by atoms with Crippen molar-refractivity contribution >= 4 is 36.2 Å². The molecule has 5 aliphatic rings. The van der Waals surface area contributed by atoms with Crippen LogP contribution in [0, 0.1) is 23.7 Å². The molecule has 3 aliphatic heterocycles. The third-order valence-electron chi connectivity index (χ3n) is 7.86. The number of halogens is 1. The zero-order valence-corrected chi connectivity index (χ0v) is 20.6. The Morgan fingerprint density at radius 2 is 2.07 bits per heavy atom. The molecular weight excluding hydrogens is 456 g/mol. The van der Waals surface area contributed by atoms with Crippen LogP contribution in [-0.4, -0.2) is 57.1 Å². The first-order valence-corrected chi connectivity index (χ1v) is 14.1. The summed E-state index contributed by atoms with van der Waals surface area (Å²) in [5.41, 5.74) is 1.05. The monoisotopic (exact) mass is 486 g/mol. The van der Waals surface area contributed by atoms with Crippen LogP contribution in [0.4, 0.5) is 0 Å². The number of fused-ring (bicyclic) bond motifs is 1. The van der Waals surface area contributed by atoms with Crippen LogP contribution < -0.4 is 0 Å². The predicted octanol–water partition coefficient (Wildman–Crippen LogP) is 3.45. The van der Waals surface area contributed by atoms with Gasteiger partial charge in [-0.15, -0.1) is 0 Å². The number of alkyl halides is 1. The fourth-order valence-electron chi connectivity index (χ4n) is 5.12. The van der Waals surface area contributed by atoms with Gasteiger partial charge in [-0.3, -0.25) is 9.59 Å². The SMILES string of the molecule is COC(=O)[C@H]1C=C2C3CC4OCC(C2C4(Br)C(=O)O3)[C@@H]1CO[Si](C)(C)C(C)(C)C. The quantitative estimate of drug-likeness (QED) is 0.262. The van der Waals surface area contributed by atoms with Crippen molar-refractivity contribution in [3.8, 4) is 0 Å². The summed E-state index contributed by atoms with van der Waals surface area (Å²) in [5.74, 6) is -1.07. The van der Waals surface area contributed by atoms with Crippen molar-refractivity contribution in [3.05, 3.63) is 11.6 Å². The topological polar surface area (TPSA) is 71.1 Å². The second kappa shape index (κ2) is 6.90. The Labute approximate surface area is 181 Å². The van der Waals surface area contributed by atoms with E-state index < -0.39 is 18.6 Å². The van der Waals surface area contributed by atoms with Gasteiger partial charge in [0.15, 0.2) is 12.6 Å². The molecule has 29 heavy (non-hydrogen) atoms. The zero-order valence-electron chi connectivity index (χ0n) is 18.0. The van der Waals surface area contributed by atoms with Gasteiger partial charge >= 0.3 is 11.9 Å². The summed E-state index contributed by atoms with van der Waals surface area (Å²) >= 11 is 3.73. The van der Waals surface area contributed by atoms with Crippen molar-refractivity contribution < 1.29 is 28.2 Å². The fourth-order valence-corrected chi connectivity index (χ4v) is 7.18. The largest absolute Gasteiger partial charge is 0.469 e. The van der Waals surface area contributed by atoms with E-state index >= 15 is 0 Å². The highest BCUT2D eigenvalue weighted by Crippen LogP contribution is 2.61. The number of hydrogen-bond donors (Lipinski definition) is 0. The maximum absolute atomic E-state index is 12.8. The molecule has 3 saturated heterocycles. The molecule has 5 unspecified atom stereocenters. The van der Waals surface area contributed by atoms with Crippen LogP contribution in [0.15, 0.2) is 11.6 Å². The Balaban J connectivity index is 1.71. The summed E-state index contributed by atoms with van der Waals surface area (Å²) in [6, 6.07) is 0. The molecule has 4 fully saturated rings. The normalized spacial score (nSPS) is 40.9. The van der Waals surface area contributed by atoms with Crippen LogP contribution >= 0.6 is 15.9 Å². The van der Waals surface area contributed by atoms with Crippen molar-refractivity contribution in [3.63, 3.8) is 0 Å². The average Bonchev–Trinajstić information content (AvgIpc) is 2.63. The lowest BCUT2D eigenvalue weighted by Crippen LogP contribution is -2.71. The van der Waals surface area contributed by atoms with Crippen LogP contribution in [0.25, 0.3) is 0 Å². The molecule has 0 spiro atoms. The van der Waals surface area contributed by atoms with E-state index in [1.807, 2.05) is 6.08 Å². The van der Waals surface area contributed by atoms with Gasteiger partial charge in [0.05, 0.1) is 25.7 Å². The minimum atomic E-state index is -2.00. The summed E-state index contributed by atoms with van der Waals surface area (Å²) in [6.07, 6.45) is 2.13. The Morgan fingerprint density at radius 3 is 2.69 bits per heavy atom. The van der Waals surface area contributed by atoms with Gasteiger partial charge in [0.2, 0.25) is 0 Å². The lowest BCUT2D eigenvalue weighted by Gasteiger charge is -2.61. The number of carbonyl (C=O) groups is 2. The van der Waals surface area contributed by atoms with Crippen molar-refractivity contribution in [1.82, 2.24) is 0 Å². The molecule has 0 N–H and O–H groups in total. The van der Waals surface area contributed by atoms with Crippen molar-refractivity contribution in [2.75, 3.05) is 20.3 Å². The number of methoxy groups -OCH3 is 1. The van der Waals surface area contributed by atoms with Crippen LogP contribution in [-0.2, 0) is 28.2 Å². The molecule has 0 amide bonds. The van der Waals surface area contributed by atoms with E-state index in [9.17, 15) is 9.59 Å². The maximum Gasteiger partial charge on any atom is 0.326 e. The maximum atomic E-state index is 12.8. The van der Waals surface area contributed by atoms with Gasteiger partial charge in [-0.1, -0.05) is 42.8 Å². The molecular formula is C21H31BrO6Si. The summed E-state index contributed by atoms with van der Waals surface area (Å²) in [6.45, 7) is 12.0. The Bertz CT molecular complexity index is 759. The number of esters is 2. The van der Waals surface area contributed by atoms with Gasteiger partial charge in [0.25, 0.3) is 0 Å². The standard InChI is InChI=1S/C21H31BrO6Si/c1-20(2,3)29(5,6)27-10-13-11(18(23)25-4)7-12-15-8-16-21(22,19(24)28-15)17(12)14(13)9-26-16/h7,11,13-17H,8-10H2,1-6H3/t11-,13+,14?,15?,16?,17?,21?/m0/s1. The van der Waals surface area contributed by atoms with E-state index in [1.165, 1.54) is 7.11 Å². The molecule has 2 aliphatic carbocycles. The molecule has 6 nitrogen and oxygen atoms in total. The average molecular weight is 487 g/mol. The van der Waals surface area contributed by atoms with E-state index in [2.05, 4.69) is 49.8 Å². The zero-order chi connectivity index (χ0) is 21.4. The van der Waals surface area contributed by atoms with E-state index in [0.29, 0.717) is 19.6 Å². The summed E-state index contributed by atoms with van der Waals surface area (Å²) < 4.78 is 22.6. The first-order chi connectivity index (χ1) is 13.4. The van der Waals surface area contributed by atoms with Crippen LogP contribution in [0.2, 0.25) is 18.1 Å². The van der Waals surface area contributed by atoms with Crippen molar-refractivity contribution in [2.24, 2.45) is 23.7 Å². The van der Waals surface area contributed by atoms with Gasteiger partial charge in [-0.2, -0.15) is 0 Å². The first-order valence-electron chi connectivity index (χ1n) is 10.4. The van der Waals surface area contributed by atoms with E-state index in [0.717, 1.165) is 5.57 Å². The minimum Gasteiger partial charge on any atom is -0.469 e. The van der Waals surface area contributed by atoms with Gasteiger partial charge in [0, 0.05) is 24.9 Å². The second-order valence-electron chi connectivity index (χ2n) is 10.3. The van der Waals surface area contributed by atoms with Crippen LogP contribution in [0.1, 0.15) is 27.2 Å². The highest BCUT2D eigenvalue weighted by Gasteiger charge is 2.69. The highest BCUT2D eigenvalue weighted by atomic mass is 79.9. The fraction of sp³-hybridized carbons (Fsp3) is 0.810. The Hall–Kier alpha value is -0.703. The lowest BCUT2D eigenvalue weighted by molar-refractivity contribution is -0.202. The van der Waals surface area contributed by atoms with Crippen molar-refractivity contribution in [1.29, 1.82) is 0 Å². The minimum absolute atomic E-state index is 0.00450. The highest BCUT2D eigenvalue weighted by molar-refractivity contribution is 9.10. The molecule has 0 radical (unpaired) electrons. The second-order valence-corrected chi connectivity index (χ2v) is 16.4. The Morgan fingerprint density at radius 1 is 1.38 bits per heavy atom. The summed E-state index contributed by atoms with van der Waals surface area (Å²) in [4.78, 5) is 25.5. The first kappa shape index (κ1) is 21.5. The predicted molar refractivity (Wildman–Crippen MR) is 113 cm³/mol. The number of ether oxygens (including phenoxy) is 3. The third kappa shape index (κ3) is 3.08. The molecule has 3 heterocycles. The molecule has 0 aromatic rings. The summed E-state index contributed by atoms with van der Waals surface area (Å²) in [5, 5.41) is 0.0714. The molecule has 7 atom stereocenters. The number of hydrogen-bond acceptors (Lipinski definition) is 6. The van der Waals surface area contributed by atoms with Crippen LogP contribution in [0.5, 0.6) is 0 Å². The number of carbonyl (C=O) groups excluding carboxylic acids is 2.